The number of hydrogen-bond acceptors (Lipinski definition) is 5. The zero-order valence-electron chi connectivity index (χ0n) is 14.0. The van der Waals surface area contributed by atoms with Crippen LogP contribution in [0.2, 0.25) is 0 Å². The third kappa shape index (κ3) is 5.25. The molecule has 0 fully saturated rings. The van der Waals surface area contributed by atoms with E-state index in [9.17, 15) is 4.79 Å². The van der Waals surface area contributed by atoms with Crippen LogP contribution < -0.4 is 16.0 Å². The highest BCUT2D eigenvalue weighted by atomic mass is 16.1. The summed E-state index contributed by atoms with van der Waals surface area (Å²) < 4.78 is 0. The van der Waals surface area contributed by atoms with Crippen LogP contribution in [-0.4, -0.2) is 21.9 Å². The molecule has 23 heavy (non-hydrogen) atoms. The van der Waals surface area contributed by atoms with Gasteiger partial charge in [-0.15, -0.1) is 0 Å². The Morgan fingerprint density at radius 1 is 1.22 bits per heavy atom. The first kappa shape index (κ1) is 16.7. The molecule has 0 aliphatic rings. The number of amides is 1. The van der Waals surface area contributed by atoms with Gasteiger partial charge in [-0.1, -0.05) is 13.0 Å². The molecule has 0 saturated carbocycles. The average Bonchev–Trinajstić information content (AvgIpc) is 2.46. The summed E-state index contributed by atoms with van der Waals surface area (Å²) >= 11 is 0. The van der Waals surface area contributed by atoms with Crippen molar-refractivity contribution in [2.75, 3.05) is 16.0 Å². The Kier molecular flexibility index (Phi) is 5.51. The smallest absolute Gasteiger partial charge is 0.229 e. The van der Waals surface area contributed by atoms with Gasteiger partial charge in [0.15, 0.2) is 0 Å². The molecule has 1 amide bonds. The summed E-state index contributed by atoms with van der Waals surface area (Å²) in [6.07, 6.45) is 1.02. The predicted molar refractivity (Wildman–Crippen MR) is 94.2 cm³/mol. The van der Waals surface area contributed by atoms with Gasteiger partial charge >= 0.3 is 0 Å². The first-order valence-corrected chi connectivity index (χ1v) is 7.73. The molecule has 1 aromatic heterocycles. The van der Waals surface area contributed by atoms with Gasteiger partial charge in [0, 0.05) is 36.1 Å². The van der Waals surface area contributed by atoms with Gasteiger partial charge in [-0.25, -0.2) is 4.98 Å². The van der Waals surface area contributed by atoms with Crippen LogP contribution in [0.1, 0.15) is 32.9 Å². The number of benzene rings is 1. The van der Waals surface area contributed by atoms with Crippen LogP contribution >= 0.6 is 0 Å². The Hall–Kier alpha value is -2.63. The molecule has 1 heterocycles. The van der Waals surface area contributed by atoms with E-state index in [1.54, 1.807) is 0 Å². The zero-order chi connectivity index (χ0) is 16.8. The maximum Gasteiger partial charge on any atom is 0.229 e. The van der Waals surface area contributed by atoms with Crippen molar-refractivity contribution in [2.45, 2.75) is 40.2 Å². The number of nitrogens with zero attached hydrogens (tertiary/aromatic N) is 2. The second kappa shape index (κ2) is 7.58. The van der Waals surface area contributed by atoms with Crippen molar-refractivity contribution in [1.29, 1.82) is 0 Å². The molecule has 0 aliphatic carbocycles. The van der Waals surface area contributed by atoms with Gasteiger partial charge < -0.3 is 16.0 Å². The normalized spacial score (nSPS) is 11.7. The molecular formula is C17H23N5O. The summed E-state index contributed by atoms with van der Waals surface area (Å²) in [6.45, 7) is 7.65. The van der Waals surface area contributed by atoms with Crippen molar-refractivity contribution in [3.8, 4) is 0 Å². The predicted octanol–water partition coefficient (Wildman–Crippen LogP) is 3.70. The first-order chi connectivity index (χ1) is 11.0. The molecule has 1 aromatic carbocycles. The van der Waals surface area contributed by atoms with Crippen molar-refractivity contribution in [3.05, 3.63) is 36.0 Å². The maximum absolute atomic E-state index is 11.1. The van der Waals surface area contributed by atoms with Crippen LogP contribution in [0, 0.1) is 6.92 Å². The van der Waals surface area contributed by atoms with Gasteiger partial charge in [0.2, 0.25) is 11.9 Å². The van der Waals surface area contributed by atoms with Crippen molar-refractivity contribution in [2.24, 2.45) is 0 Å². The Morgan fingerprint density at radius 2 is 1.96 bits per heavy atom. The minimum Gasteiger partial charge on any atom is -0.367 e. The fraction of sp³-hybridized carbons (Fsp3) is 0.353. The lowest BCUT2D eigenvalue weighted by Crippen LogP contribution is -2.15. The van der Waals surface area contributed by atoms with Gasteiger partial charge in [-0.2, -0.15) is 4.98 Å². The highest BCUT2D eigenvalue weighted by Gasteiger charge is 2.06. The molecule has 0 spiro atoms. The van der Waals surface area contributed by atoms with Gasteiger partial charge in [-0.05, 0) is 38.5 Å². The van der Waals surface area contributed by atoms with E-state index >= 15 is 0 Å². The summed E-state index contributed by atoms with van der Waals surface area (Å²) in [4.78, 5) is 20.0. The monoisotopic (exact) mass is 313 g/mol. The van der Waals surface area contributed by atoms with Crippen molar-refractivity contribution < 1.29 is 4.79 Å². The molecule has 122 valence electrons. The van der Waals surface area contributed by atoms with Crippen LogP contribution in [-0.2, 0) is 4.79 Å². The lowest BCUT2D eigenvalue weighted by molar-refractivity contribution is -0.114. The Balaban J connectivity index is 2.17. The highest BCUT2D eigenvalue weighted by molar-refractivity contribution is 5.89. The second-order valence-corrected chi connectivity index (χ2v) is 5.56. The third-order valence-corrected chi connectivity index (χ3v) is 3.30. The van der Waals surface area contributed by atoms with E-state index < -0.39 is 0 Å². The molecule has 3 N–H and O–H groups in total. The Bertz CT molecular complexity index is 686. The van der Waals surface area contributed by atoms with Crippen LogP contribution in [0.4, 0.5) is 23.1 Å². The number of rotatable bonds is 6. The number of carbonyl (C=O) groups is 1. The minimum atomic E-state index is -0.103. The molecule has 6 heteroatoms. The van der Waals surface area contributed by atoms with E-state index in [0.29, 0.717) is 12.0 Å². The largest absolute Gasteiger partial charge is 0.367 e. The van der Waals surface area contributed by atoms with E-state index in [1.807, 2.05) is 37.3 Å². The number of nitrogens with one attached hydrogen (secondary N) is 3. The molecule has 2 aromatic rings. The van der Waals surface area contributed by atoms with Gasteiger partial charge in [0.1, 0.15) is 5.82 Å². The standard InChI is InChI=1S/C17H23N5O/c1-5-11(2)18-16-9-12(3)19-17(22-16)21-15-8-6-7-14(10-15)20-13(4)23/h6-11H,5H2,1-4H3,(H,20,23)(H2,18,19,21,22). The SMILES string of the molecule is CCC(C)Nc1cc(C)nc(Nc2cccc(NC(C)=O)c2)n1. The number of hydrogen-bond donors (Lipinski definition) is 3. The third-order valence-electron chi connectivity index (χ3n) is 3.30. The van der Waals surface area contributed by atoms with E-state index in [4.69, 9.17) is 0 Å². The molecule has 1 atom stereocenters. The topological polar surface area (TPSA) is 78.9 Å². The molecular weight excluding hydrogens is 290 g/mol. The molecule has 2 rings (SSSR count). The fourth-order valence-corrected chi connectivity index (χ4v) is 2.06. The quantitative estimate of drug-likeness (QED) is 0.758. The summed E-state index contributed by atoms with van der Waals surface area (Å²) in [7, 11) is 0. The molecule has 0 radical (unpaired) electrons. The van der Waals surface area contributed by atoms with Gasteiger partial charge in [0.05, 0.1) is 0 Å². The minimum absolute atomic E-state index is 0.103. The van der Waals surface area contributed by atoms with E-state index in [0.717, 1.165) is 29.3 Å². The van der Waals surface area contributed by atoms with Gasteiger partial charge in [0.25, 0.3) is 0 Å². The zero-order valence-corrected chi connectivity index (χ0v) is 14.0. The van der Waals surface area contributed by atoms with E-state index in [2.05, 4.69) is 39.8 Å². The van der Waals surface area contributed by atoms with E-state index in [1.165, 1.54) is 6.92 Å². The number of carbonyl (C=O) groups excluding carboxylic acids is 1. The molecule has 1 unspecified atom stereocenters. The van der Waals surface area contributed by atoms with Crippen LogP contribution in [0.25, 0.3) is 0 Å². The second-order valence-electron chi connectivity index (χ2n) is 5.56. The summed E-state index contributed by atoms with van der Waals surface area (Å²) in [5.74, 6) is 1.22. The van der Waals surface area contributed by atoms with Crippen LogP contribution in [0.15, 0.2) is 30.3 Å². The van der Waals surface area contributed by atoms with Crippen LogP contribution in [0.3, 0.4) is 0 Å². The maximum atomic E-state index is 11.1. The Morgan fingerprint density at radius 3 is 2.65 bits per heavy atom. The molecule has 0 bridgehead atoms. The summed E-state index contributed by atoms with van der Waals surface area (Å²) in [6, 6.07) is 9.71. The number of anilines is 4. The summed E-state index contributed by atoms with van der Waals surface area (Å²) in [5, 5.41) is 9.28. The van der Waals surface area contributed by atoms with Gasteiger partial charge in [-0.3, -0.25) is 4.79 Å². The Labute approximate surface area is 136 Å². The highest BCUT2D eigenvalue weighted by Crippen LogP contribution is 2.20. The summed E-state index contributed by atoms with van der Waals surface area (Å²) in [5.41, 5.74) is 2.43. The molecule has 6 nitrogen and oxygen atoms in total. The number of aromatic nitrogens is 2. The van der Waals surface area contributed by atoms with Crippen molar-refractivity contribution >= 4 is 29.0 Å². The van der Waals surface area contributed by atoms with E-state index in [-0.39, 0.29) is 5.91 Å². The lowest BCUT2D eigenvalue weighted by atomic mass is 10.2. The molecule has 0 aliphatic heterocycles. The van der Waals surface area contributed by atoms with Crippen LogP contribution in [0.5, 0.6) is 0 Å². The lowest BCUT2D eigenvalue weighted by Gasteiger charge is -2.14. The fourth-order valence-electron chi connectivity index (χ4n) is 2.06. The molecule has 0 saturated heterocycles. The average molecular weight is 313 g/mol. The first-order valence-electron chi connectivity index (χ1n) is 7.73. The van der Waals surface area contributed by atoms with Crippen molar-refractivity contribution in [3.63, 3.8) is 0 Å². The van der Waals surface area contributed by atoms with Crippen molar-refractivity contribution in [1.82, 2.24) is 9.97 Å². The number of aryl methyl sites for hydroxylation is 1.